The fourth-order valence-electron chi connectivity index (χ4n) is 4.09. The van der Waals surface area contributed by atoms with Crippen LogP contribution in [0.2, 0.25) is 0 Å². The summed E-state index contributed by atoms with van der Waals surface area (Å²) in [6, 6.07) is 23.4. The van der Waals surface area contributed by atoms with Crippen LogP contribution in [0.3, 0.4) is 0 Å². The van der Waals surface area contributed by atoms with E-state index in [4.69, 9.17) is 14.5 Å². The van der Waals surface area contributed by atoms with E-state index in [1.54, 1.807) is 14.2 Å². The van der Waals surface area contributed by atoms with Gasteiger partial charge in [-0.3, -0.25) is 9.88 Å². The molecule has 0 N–H and O–H groups in total. The molecule has 0 amide bonds. The van der Waals surface area contributed by atoms with Crippen LogP contribution < -0.4 is 9.47 Å². The van der Waals surface area contributed by atoms with Gasteiger partial charge < -0.3 is 9.47 Å². The molecule has 150 valence electrons. The minimum Gasteiger partial charge on any atom is -0.497 e. The summed E-state index contributed by atoms with van der Waals surface area (Å²) in [5.41, 5.74) is 4.81. The van der Waals surface area contributed by atoms with Crippen molar-refractivity contribution in [2.45, 2.75) is 31.8 Å². The quantitative estimate of drug-likeness (QED) is 0.569. The molecule has 1 saturated heterocycles. The van der Waals surface area contributed by atoms with Crippen LogP contribution in [0.1, 0.15) is 41.4 Å². The van der Waals surface area contributed by atoms with Crippen molar-refractivity contribution in [3.8, 4) is 11.5 Å². The average molecular weight is 389 g/mol. The van der Waals surface area contributed by atoms with Gasteiger partial charge in [0.05, 0.1) is 26.0 Å². The summed E-state index contributed by atoms with van der Waals surface area (Å²) in [6.45, 7) is 2.05. The van der Waals surface area contributed by atoms with Crippen molar-refractivity contribution >= 4 is 0 Å². The third-order valence-corrected chi connectivity index (χ3v) is 5.60. The number of aromatic nitrogens is 1. The molecule has 29 heavy (non-hydrogen) atoms. The molecule has 0 radical (unpaired) electrons. The Balaban J connectivity index is 1.48. The van der Waals surface area contributed by atoms with E-state index in [-0.39, 0.29) is 0 Å². The molecule has 1 atom stereocenters. The molecular formula is C25H28N2O2. The minimum atomic E-state index is 0.377. The predicted molar refractivity (Wildman–Crippen MR) is 115 cm³/mol. The summed E-state index contributed by atoms with van der Waals surface area (Å²) in [5, 5.41) is 0. The minimum absolute atomic E-state index is 0.377. The molecule has 4 heteroatoms. The highest BCUT2D eigenvalue weighted by Gasteiger charge is 2.27. The summed E-state index contributed by atoms with van der Waals surface area (Å²) >= 11 is 0. The standard InChI is InChI=1S/C25H28N2O2/c1-28-22-13-11-19(12-14-22)18-27-15-5-10-25(27)24-9-4-7-21(26-24)16-20-6-3-8-23(17-20)29-2/h3-4,6-9,11-14,17,25H,5,10,15-16,18H2,1-2H3. The van der Waals surface area contributed by atoms with Crippen LogP contribution in [0.15, 0.2) is 66.7 Å². The first kappa shape index (κ1) is 19.5. The lowest BCUT2D eigenvalue weighted by Gasteiger charge is -2.24. The first-order valence-electron chi connectivity index (χ1n) is 10.2. The molecule has 0 spiro atoms. The van der Waals surface area contributed by atoms with Crippen molar-refractivity contribution in [1.82, 2.24) is 9.88 Å². The second-order valence-electron chi connectivity index (χ2n) is 7.56. The first-order valence-corrected chi connectivity index (χ1v) is 10.2. The molecule has 2 aromatic carbocycles. The zero-order valence-electron chi connectivity index (χ0n) is 17.2. The third-order valence-electron chi connectivity index (χ3n) is 5.60. The van der Waals surface area contributed by atoms with E-state index in [1.807, 2.05) is 24.3 Å². The van der Waals surface area contributed by atoms with E-state index in [2.05, 4.69) is 47.4 Å². The van der Waals surface area contributed by atoms with Gasteiger partial charge in [0.25, 0.3) is 0 Å². The maximum absolute atomic E-state index is 5.35. The highest BCUT2D eigenvalue weighted by atomic mass is 16.5. The molecule has 4 rings (SSSR count). The maximum atomic E-state index is 5.35. The molecule has 1 aliphatic rings. The molecule has 0 bridgehead atoms. The highest BCUT2D eigenvalue weighted by Crippen LogP contribution is 2.32. The van der Waals surface area contributed by atoms with E-state index in [0.717, 1.165) is 43.1 Å². The van der Waals surface area contributed by atoms with Crippen LogP contribution in [0, 0.1) is 0 Å². The van der Waals surface area contributed by atoms with Gasteiger partial charge in [-0.15, -0.1) is 0 Å². The van der Waals surface area contributed by atoms with E-state index in [9.17, 15) is 0 Å². The Hall–Kier alpha value is -2.85. The van der Waals surface area contributed by atoms with Crippen molar-refractivity contribution in [2.24, 2.45) is 0 Å². The van der Waals surface area contributed by atoms with Gasteiger partial charge in [0.15, 0.2) is 0 Å². The molecule has 3 aromatic rings. The average Bonchev–Trinajstić information content (AvgIpc) is 3.23. The van der Waals surface area contributed by atoms with Crippen molar-refractivity contribution in [3.05, 3.63) is 89.2 Å². The molecule has 4 nitrogen and oxygen atoms in total. The first-order chi connectivity index (χ1) is 14.2. The number of hydrogen-bond donors (Lipinski definition) is 0. The smallest absolute Gasteiger partial charge is 0.119 e. The van der Waals surface area contributed by atoms with Crippen molar-refractivity contribution in [3.63, 3.8) is 0 Å². The van der Waals surface area contributed by atoms with Gasteiger partial charge in [-0.2, -0.15) is 0 Å². The summed E-state index contributed by atoms with van der Waals surface area (Å²) in [7, 11) is 3.41. The number of hydrogen-bond acceptors (Lipinski definition) is 4. The number of rotatable bonds is 7. The van der Waals surface area contributed by atoms with Gasteiger partial charge in [0.2, 0.25) is 0 Å². The third kappa shape index (κ3) is 4.77. The zero-order chi connectivity index (χ0) is 20.1. The molecule has 1 fully saturated rings. The van der Waals surface area contributed by atoms with Crippen molar-refractivity contribution in [1.29, 1.82) is 0 Å². The number of benzene rings is 2. The number of nitrogens with zero attached hydrogens (tertiary/aromatic N) is 2. The van der Waals surface area contributed by atoms with Gasteiger partial charge in [-0.1, -0.05) is 30.3 Å². The monoisotopic (exact) mass is 388 g/mol. The number of methoxy groups -OCH3 is 2. The Morgan fingerprint density at radius 2 is 1.69 bits per heavy atom. The maximum Gasteiger partial charge on any atom is 0.119 e. The van der Waals surface area contributed by atoms with Crippen LogP contribution in [0.5, 0.6) is 11.5 Å². The summed E-state index contributed by atoms with van der Waals surface area (Å²) in [5.74, 6) is 1.79. The Morgan fingerprint density at radius 1 is 0.897 bits per heavy atom. The lowest BCUT2D eigenvalue weighted by molar-refractivity contribution is 0.244. The van der Waals surface area contributed by atoms with Crippen molar-refractivity contribution < 1.29 is 9.47 Å². The molecule has 1 aliphatic heterocycles. The predicted octanol–water partition coefficient (Wildman–Crippen LogP) is 5.03. The number of ether oxygens (including phenoxy) is 2. The van der Waals surface area contributed by atoms with Gasteiger partial charge >= 0.3 is 0 Å². The van der Waals surface area contributed by atoms with E-state index >= 15 is 0 Å². The SMILES string of the molecule is COc1ccc(CN2CCCC2c2cccc(Cc3cccc(OC)c3)n2)cc1. The van der Waals surface area contributed by atoms with E-state index in [0.29, 0.717) is 6.04 Å². The van der Waals surface area contributed by atoms with Crippen LogP contribution in [0.4, 0.5) is 0 Å². The largest absolute Gasteiger partial charge is 0.497 e. The fraction of sp³-hybridized carbons (Fsp3) is 0.320. The molecule has 1 aromatic heterocycles. The van der Waals surface area contributed by atoms with E-state index < -0.39 is 0 Å². The Morgan fingerprint density at radius 3 is 2.48 bits per heavy atom. The van der Waals surface area contributed by atoms with Gasteiger partial charge in [-0.05, 0) is 66.9 Å². The molecular weight excluding hydrogens is 360 g/mol. The number of pyridine rings is 1. The molecule has 1 unspecified atom stereocenters. The topological polar surface area (TPSA) is 34.6 Å². The van der Waals surface area contributed by atoms with Crippen LogP contribution in [-0.2, 0) is 13.0 Å². The summed E-state index contributed by atoms with van der Waals surface area (Å²) < 4.78 is 10.6. The molecule has 0 aliphatic carbocycles. The van der Waals surface area contributed by atoms with Crippen LogP contribution >= 0.6 is 0 Å². The second kappa shape index (κ2) is 9.10. The molecule has 2 heterocycles. The van der Waals surface area contributed by atoms with Crippen molar-refractivity contribution in [2.75, 3.05) is 20.8 Å². The summed E-state index contributed by atoms with van der Waals surface area (Å²) in [4.78, 5) is 7.56. The highest BCUT2D eigenvalue weighted by molar-refractivity contribution is 5.32. The zero-order valence-corrected chi connectivity index (χ0v) is 17.2. The fourth-order valence-corrected chi connectivity index (χ4v) is 4.09. The van der Waals surface area contributed by atoms with Crippen LogP contribution in [0.25, 0.3) is 0 Å². The Labute approximate surface area is 173 Å². The van der Waals surface area contributed by atoms with E-state index in [1.165, 1.54) is 23.2 Å². The normalized spacial score (nSPS) is 16.7. The number of likely N-dealkylation sites (tertiary alicyclic amines) is 1. The summed E-state index contributed by atoms with van der Waals surface area (Å²) in [6.07, 6.45) is 3.19. The second-order valence-corrected chi connectivity index (χ2v) is 7.56. The van der Waals surface area contributed by atoms with Crippen LogP contribution in [-0.4, -0.2) is 30.6 Å². The van der Waals surface area contributed by atoms with Gasteiger partial charge in [0.1, 0.15) is 11.5 Å². The Kier molecular flexibility index (Phi) is 6.11. The lowest BCUT2D eigenvalue weighted by Crippen LogP contribution is -2.23. The molecule has 0 saturated carbocycles. The van der Waals surface area contributed by atoms with Gasteiger partial charge in [-0.25, -0.2) is 0 Å². The van der Waals surface area contributed by atoms with Gasteiger partial charge in [0, 0.05) is 18.7 Å². The lowest BCUT2D eigenvalue weighted by atomic mass is 10.1. The Bertz CT molecular complexity index is 940.